The Bertz CT molecular complexity index is 1520. The maximum Gasteiger partial charge on any atom is 0.312 e. The number of fused-ring (bicyclic) bond motifs is 2. The lowest BCUT2D eigenvalue weighted by Crippen LogP contribution is -2.41. The minimum Gasteiger partial charge on any atom is -0.411 e. The average Bonchev–Trinajstić information content (AvgIpc) is 3.62. The molecule has 0 aromatic carbocycles. The van der Waals surface area contributed by atoms with Crippen molar-refractivity contribution in [2.45, 2.75) is 25.2 Å². The lowest BCUT2D eigenvalue weighted by atomic mass is 9.99. The van der Waals surface area contributed by atoms with E-state index in [4.69, 9.17) is 4.42 Å². The number of imidazole rings is 1. The third kappa shape index (κ3) is 3.29. The van der Waals surface area contributed by atoms with Crippen LogP contribution in [0.15, 0.2) is 47.4 Å². The number of nitrogens with zero attached hydrogens (tertiary/aromatic N) is 8. The highest BCUT2D eigenvalue weighted by Gasteiger charge is 2.38. The van der Waals surface area contributed by atoms with Crippen molar-refractivity contribution < 1.29 is 13.6 Å². The van der Waals surface area contributed by atoms with Gasteiger partial charge < -0.3 is 14.3 Å². The Hall–Kier alpha value is -3.92. The van der Waals surface area contributed by atoms with Gasteiger partial charge in [-0.3, -0.25) is 9.48 Å². The predicted molar refractivity (Wildman–Crippen MR) is 120 cm³/mol. The van der Waals surface area contributed by atoms with Crippen LogP contribution in [0.1, 0.15) is 46.5 Å². The van der Waals surface area contributed by atoms with Crippen molar-refractivity contribution in [1.29, 1.82) is 0 Å². The zero-order chi connectivity index (χ0) is 23.4. The van der Waals surface area contributed by atoms with Crippen LogP contribution in [-0.2, 0) is 6.42 Å². The molecule has 11 nitrogen and oxygen atoms in total. The number of pyridine rings is 1. The van der Waals surface area contributed by atoms with E-state index in [0.29, 0.717) is 35.6 Å². The number of hydrogen-bond donors (Lipinski definition) is 1. The standard InChI is InChI=1S/C21H19FN9O2P/c1-11(34)30-8-5-14(27-30)19-25-26-20(33-19)21(32)29-7-4-13-17(24-10-23-13)18(29)15-9-16-12(22)3-2-6-31(16)28-15/h2-3,5-6,8-11,18H,4,7,34H2,1H3,(H,23,24)/t11?,18-/m0/s1. The largest absolute Gasteiger partial charge is 0.411 e. The summed E-state index contributed by atoms with van der Waals surface area (Å²) in [4.78, 5) is 22.6. The van der Waals surface area contributed by atoms with Gasteiger partial charge in [-0.1, -0.05) is 0 Å². The maximum absolute atomic E-state index is 14.3. The molecule has 0 aliphatic carbocycles. The van der Waals surface area contributed by atoms with Crippen molar-refractivity contribution in [2.24, 2.45) is 0 Å². The van der Waals surface area contributed by atoms with Gasteiger partial charge in [0.2, 0.25) is 0 Å². The van der Waals surface area contributed by atoms with Crippen molar-refractivity contribution >= 4 is 20.7 Å². The van der Waals surface area contributed by atoms with Crippen LogP contribution in [0, 0.1) is 5.82 Å². The fourth-order valence-electron chi connectivity index (χ4n) is 4.14. The van der Waals surface area contributed by atoms with E-state index >= 15 is 0 Å². The van der Waals surface area contributed by atoms with Crippen LogP contribution in [0.4, 0.5) is 4.39 Å². The molecule has 3 atom stereocenters. The Morgan fingerprint density at radius 2 is 2.18 bits per heavy atom. The van der Waals surface area contributed by atoms with Crippen LogP contribution in [0.5, 0.6) is 0 Å². The van der Waals surface area contributed by atoms with Gasteiger partial charge in [-0.25, -0.2) is 13.9 Å². The molecule has 0 bridgehead atoms. The van der Waals surface area contributed by atoms with Gasteiger partial charge in [0, 0.05) is 31.1 Å². The van der Waals surface area contributed by atoms with Gasteiger partial charge in [-0.2, -0.15) is 10.2 Å². The van der Waals surface area contributed by atoms with Crippen LogP contribution in [0.2, 0.25) is 0 Å². The molecule has 1 N–H and O–H groups in total. The van der Waals surface area contributed by atoms with Crippen molar-refractivity contribution in [3.05, 3.63) is 71.8 Å². The number of nitrogens with one attached hydrogen (secondary N) is 1. The normalized spacial score (nSPS) is 16.7. The van der Waals surface area contributed by atoms with Gasteiger partial charge in [0.15, 0.2) is 0 Å². The number of H-pyrrole nitrogens is 1. The number of halogens is 1. The van der Waals surface area contributed by atoms with Crippen molar-refractivity contribution in [2.75, 3.05) is 6.54 Å². The van der Waals surface area contributed by atoms with Gasteiger partial charge in [0.25, 0.3) is 5.89 Å². The Morgan fingerprint density at radius 1 is 1.29 bits per heavy atom. The molecule has 1 aliphatic rings. The molecule has 5 aromatic heterocycles. The summed E-state index contributed by atoms with van der Waals surface area (Å²) < 4.78 is 23.2. The van der Waals surface area contributed by atoms with Gasteiger partial charge >= 0.3 is 11.8 Å². The number of rotatable bonds is 4. The lowest BCUT2D eigenvalue weighted by Gasteiger charge is -2.32. The van der Waals surface area contributed by atoms with Gasteiger partial charge in [-0.15, -0.1) is 19.4 Å². The molecule has 5 aromatic rings. The maximum atomic E-state index is 14.3. The summed E-state index contributed by atoms with van der Waals surface area (Å²) in [6, 6.07) is 5.66. The van der Waals surface area contributed by atoms with E-state index in [-0.39, 0.29) is 17.6 Å². The molecule has 1 aliphatic heterocycles. The van der Waals surface area contributed by atoms with Crippen LogP contribution in [0.25, 0.3) is 17.1 Å². The van der Waals surface area contributed by atoms with E-state index in [1.807, 2.05) is 6.92 Å². The molecule has 2 unspecified atom stereocenters. The molecule has 6 heterocycles. The number of amides is 1. The SMILES string of the molecule is CC(P)n1ccc(-c2nnc(C(=O)N3CCc4[nH]cnc4[C@@H]3c3cc4c(F)cccn4n3)o2)n1. The van der Waals surface area contributed by atoms with E-state index < -0.39 is 17.8 Å². The van der Waals surface area contributed by atoms with Crippen LogP contribution in [0.3, 0.4) is 0 Å². The van der Waals surface area contributed by atoms with Crippen LogP contribution in [-0.4, -0.2) is 56.9 Å². The molecular weight excluding hydrogens is 460 g/mol. The van der Waals surface area contributed by atoms with E-state index in [1.165, 1.54) is 10.6 Å². The first-order valence-electron chi connectivity index (χ1n) is 10.6. The Labute approximate surface area is 194 Å². The zero-order valence-corrected chi connectivity index (χ0v) is 19.1. The molecule has 34 heavy (non-hydrogen) atoms. The first-order chi connectivity index (χ1) is 16.5. The Morgan fingerprint density at radius 3 is 2.97 bits per heavy atom. The predicted octanol–water partition coefficient (Wildman–Crippen LogP) is 2.62. The van der Waals surface area contributed by atoms with Gasteiger partial charge in [0.05, 0.1) is 23.5 Å². The third-order valence-electron chi connectivity index (χ3n) is 5.79. The Kier molecular flexibility index (Phi) is 4.77. The second-order valence-corrected chi connectivity index (χ2v) is 8.97. The summed E-state index contributed by atoms with van der Waals surface area (Å²) in [6.07, 6.45) is 5.59. The minimum atomic E-state index is -0.644. The second-order valence-electron chi connectivity index (χ2n) is 8.01. The molecule has 0 spiro atoms. The highest BCUT2D eigenvalue weighted by molar-refractivity contribution is 7.16. The summed E-state index contributed by atoms with van der Waals surface area (Å²) >= 11 is 0. The smallest absolute Gasteiger partial charge is 0.312 e. The fraction of sp³-hybridized carbons (Fsp3) is 0.238. The molecular formula is C21H19FN9O2P. The van der Waals surface area contributed by atoms with E-state index in [9.17, 15) is 9.18 Å². The molecule has 6 rings (SSSR count). The van der Waals surface area contributed by atoms with Crippen molar-refractivity contribution in [1.82, 2.24) is 44.5 Å². The number of aromatic nitrogens is 8. The number of aromatic amines is 1. The quantitative estimate of drug-likeness (QED) is 0.393. The highest BCUT2D eigenvalue weighted by Crippen LogP contribution is 2.34. The molecule has 0 saturated heterocycles. The van der Waals surface area contributed by atoms with Gasteiger partial charge in [-0.05, 0) is 31.2 Å². The fourth-order valence-corrected chi connectivity index (χ4v) is 4.31. The molecule has 1 amide bonds. The van der Waals surface area contributed by atoms with Gasteiger partial charge in [0.1, 0.15) is 23.1 Å². The Balaban J connectivity index is 1.37. The summed E-state index contributed by atoms with van der Waals surface area (Å²) in [5, 5.41) is 16.9. The topological polar surface area (TPSA) is 123 Å². The molecule has 172 valence electrons. The molecule has 13 heteroatoms. The molecule has 0 radical (unpaired) electrons. The summed E-state index contributed by atoms with van der Waals surface area (Å²) in [6.45, 7) is 2.33. The second kappa shape index (κ2) is 7.84. The van der Waals surface area contributed by atoms with E-state index in [0.717, 1.165) is 5.69 Å². The van der Waals surface area contributed by atoms with E-state index in [2.05, 4.69) is 39.6 Å². The third-order valence-corrected chi connectivity index (χ3v) is 6.09. The number of hydrogen-bond acceptors (Lipinski definition) is 7. The van der Waals surface area contributed by atoms with Crippen LogP contribution < -0.4 is 0 Å². The van der Waals surface area contributed by atoms with E-state index in [1.54, 1.807) is 46.5 Å². The van der Waals surface area contributed by atoms with Crippen molar-refractivity contribution in [3.63, 3.8) is 0 Å². The highest BCUT2D eigenvalue weighted by atomic mass is 31.0. The summed E-state index contributed by atoms with van der Waals surface area (Å²) in [5.74, 6) is -0.795. The monoisotopic (exact) mass is 479 g/mol. The number of carbonyl (C=O) groups excluding carboxylic acids is 1. The average molecular weight is 479 g/mol. The molecule has 0 fully saturated rings. The minimum absolute atomic E-state index is 0.0881. The lowest BCUT2D eigenvalue weighted by molar-refractivity contribution is 0.0646. The molecule has 0 saturated carbocycles. The first kappa shape index (κ1) is 20.7. The van der Waals surface area contributed by atoms with Crippen LogP contribution >= 0.6 is 9.24 Å². The first-order valence-corrected chi connectivity index (χ1v) is 11.3. The summed E-state index contributed by atoms with van der Waals surface area (Å²) in [5.41, 5.74) is 2.82. The summed E-state index contributed by atoms with van der Waals surface area (Å²) in [7, 11) is 2.64. The zero-order valence-electron chi connectivity index (χ0n) is 18.0. The number of carbonyl (C=O) groups is 1. The van der Waals surface area contributed by atoms with Crippen molar-refractivity contribution in [3.8, 4) is 11.6 Å².